The number of carbonyl (C=O) groups is 1. The smallest absolute Gasteiger partial charge is 0.229 e. The summed E-state index contributed by atoms with van der Waals surface area (Å²) >= 11 is 1.57. The van der Waals surface area contributed by atoms with E-state index in [4.69, 9.17) is 4.74 Å². The van der Waals surface area contributed by atoms with Crippen LogP contribution in [0.3, 0.4) is 0 Å². The molecule has 0 aliphatic carbocycles. The molecule has 6 nitrogen and oxygen atoms in total. The lowest BCUT2D eigenvalue weighted by molar-refractivity contribution is -0.133. The highest BCUT2D eigenvalue weighted by Gasteiger charge is 2.26. The highest BCUT2D eigenvalue weighted by molar-refractivity contribution is 7.18. The maximum atomic E-state index is 13.0. The average Bonchev–Trinajstić information content (AvgIpc) is 3.16. The molecule has 1 fully saturated rings. The Labute approximate surface area is 174 Å². The van der Waals surface area contributed by atoms with E-state index in [2.05, 4.69) is 21.4 Å². The fourth-order valence-corrected chi connectivity index (χ4v) is 4.81. The van der Waals surface area contributed by atoms with Crippen LogP contribution in [-0.4, -0.2) is 53.6 Å². The number of methoxy groups -OCH3 is 1. The molecule has 0 radical (unpaired) electrons. The van der Waals surface area contributed by atoms with Crippen molar-refractivity contribution in [1.82, 2.24) is 20.2 Å². The predicted molar refractivity (Wildman–Crippen MR) is 115 cm³/mol. The molecule has 1 unspecified atom stereocenters. The van der Waals surface area contributed by atoms with Gasteiger partial charge in [0, 0.05) is 38.1 Å². The van der Waals surface area contributed by atoms with Crippen LogP contribution in [0.1, 0.15) is 23.4 Å². The number of thiazole rings is 1. The second kappa shape index (κ2) is 9.33. The highest BCUT2D eigenvalue weighted by Crippen LogP contribution is 2.27. The van der Waals surface area contributed by atoms with Crippen LogP contribution in [0.15, 0.2) is 42.7 Å². The van der Waals surface area contributed by atoms with Gasteiger partial charge < -0.3 is 15.0 Å². The van der Waals surface area contributed by atoms with E-state index in [1.807, 2.05) is 35.4 Å². The van der Waals surface area contributed by atoms with Crippen LogP contribution in [0.4, 0.5) is 0 Å². The van der Waals surface area contributed by atoms with Crippen molar-refractivity contribution in [2.24, 2.45) is 0 Å². The number of hydrogen-bond donors (Lipinski definition) is 1. The van der Waals surface area contributed by atoms with Gasteiger partial charge in [0.05, 0.1) is 23.7 Å². The molecule has 1 amide bonds. The number of pyridine rings is 1. The van der Waals surface area contributed by atoms with Gasteiger partial charge >= 0.3 is 0 Å². The third-order valence-electron chi connectivity index (χ3n) is 5.34. The van der Waals surface area contributed by atoms with Gasteiger partial charge in [-0.2, -0.15) is 0 Å². The first-order valence-corrected chi connectivity index (χ1v) is 10.9. The Morgan fingerprint density at radius 3 is 3.14 bits per heavy atom. The molecule has 1 saturated heterocycles. The lowest BCUT2D eigenvalue weighted by Crippen LogP contribution is -2.54. The number of ether oxygens (including phenoxy) is 1. The first-order valence-electron chi connectivity index (χ1n) is 10.1. The van der Waals surface area contributed by atoms with Crippen molar-refractivity contribution in [3.8, 4) is 5.75 Å². The summed E-state index contributed by atoms with van der Waals surface area (Å²) in [7, 11) is 1.66. The van der Waals surface area contributed by atoms with Crippen LogP contribution in [0.2, 0.25) is 0 Å². The number of nitrogens with zero attached hydrogens (tertiary/aromatic N) is 3. The van der Waals surface area contributed by atoms with Crippen molar-refractivity contribution >= 4 is 27.5 Å². The van der Waals surface area contributed by atoms with Crippen molar-refractivity contribution in [3.63, 3.8) is 0 Å². The van der Waals surface area contributed by atoms with Gasteiger partial charge in [0.15, 0.2) is 0 Å². The molecule has 29 heavy (non-hydrogen) atoms. The molecule has 2 aromatic heterocycles. The Morgan fingerprint density at radius 2 is 2.31 bits per heavy atom. The summed E-state index contributed by atoms with van der Waals surface area (Å²) in [6.07, 6.45) is 7.11. The summed E-state index contributed by atoms with van der Waals surface area (Å²) in [6, 6.07) is 10.2. The first-order chi connectivity index (χ1) is 14.2. The van der Waals surface area contributed by atoms with Crippen LogP contribution >= 0.6 is 11.3 Å². The molecule has 0 bridgehead atoms. The van der Waals surface area contributed by atoms with Crippen LogP contribution in [-0.2, 0) is 17.6 Å². The van der Waals surface area contributed by atoms with E-state index in [-0.39, 0.29) is 11.9 Å². The molecule has 0 spiro atoms. The Morgan fingerprint density at radius 1 is 1.38 bits per heavy atom. The summed E-state index contributed by atoms with van der Waals surface area (Å²) in [6.45, 7) is 2.47. The minimum atomic E-state index is 0.170. The first kappa shape index (κ1) is 19.8. The molecule has 152 valence electrons. The third-order valence-corrected chi connectivity index (χ3v) is 6.36. The number of fused-ring (bicyclic) bond motifs is 1. The lowest BCUT2D eigenvalue weighted by atomic mass is 10.0. The zero-order chi connectivity index (χ0) is 20.1. The summed E-state index contributed by atoms with van der Waals surface area (Å²) in [4.78, 5) is 23.9. The zero-order valence-corrected chi connectivity index (χ0v) is 17.5. The SMILES string of the molecule is COc1ccc2nc(CC(=O)N3CCNCC3CCCc3cccnc3)sc2c1. The van der Waals surface area contributed by atoms with Crippen LogP contribution in [0.5, 0.6) is 5.75 Å². The van der Waals surface area contributed by atoms with Gasteiger partial charge in [0.2, 0.25) is 5.91 Å². The minimum absolute atomic E-state index is 0.170. The monoisotopic (exact) mass is 410 g/mol. The summed E-state index contributed by atoms with van der Waals surface area (Å²) < 4.78 is 6.34. The molecular formula is C22H26N4O2S. The fourth-order valence-electron chi connectivity index (χ4n) is 3.82. The van der Waals surface area contributed by atoms with Gasteiger partial charge in [-0.05, 0) is 49.1 Å². The van der Waals surface area contributed by atoms with Crippen molar-refractivity contribution in [3.05, 3.63) is 53.3 Å². The number of nitrogens with one attached hydrogen (secondary N) is 1. The summed E-state index contributed by atoms with van der Waals surface area (Å²) in [5.41, 5.74) is 2.17. The van der Waals surface area contributed by atoms with Gasteiger partial charge in [-0.25, -0.2) is 4.98 Å². The van der Waals surface area contributed by atoms with Gasteiger partial charge in [-0.15, -0.1) is 11.3 Å². The third kappa shape index (κ3) is 4.92. The van der Waals surface area contributed by atoms with Crippen molar-refractivity contribution < 1.29 is 9.53 Å². The van der Waals surface area contributed by atoms with Crippen LogP contribution in [0.25, 0.3) is 10.2 Å². The van der Waals surface area contributed by atoms with E-state index < -0.39 is 0 Å². The highest BCUT2D eigenvalue weighted by atomic mass is 32.1. The molecule has 1 aliphatic rings. The number of benzene rings is 1. The van der Waals surface area contributed by atoms with Gasteiger partial charge in [-0.3, -0.25) is 9.78 Å². The van der Waals surface area contributed by atoms with E-state index in [1.165, 1.54) is 5.56 Å². The Kier molecular flexibility index (Phi) is 6.36. The van der Waals surface area contributed by atoms with E-state index in [1.54, 1.807) is 24.6 Å². The van der Waals surface area contributed by atoms with E-state index in [0.29, 0.717) is 6.42 Å². The van der Waals surface area contributed by atoms with Crippen molar-refractivity contribution in [2.75, 3.05) is 26.7 Å². The molecule has 1 aromatic carbocycles. The normalized spacial score (nSPS) is 16.9. The number of carbonyl (C=O) groups excluding carboxylic acids is 1. The Hall–Kier alpha value is -2.51. The molecule has 1 atom stereocenters. The molecule has 1 N–H and O–H groups in total. The largest absolute Gasteiger partial charge is 0.497 e. The topological polar surface area (TPSA) is 67.3 Å². The van der Waals surface area contributed by atoms with Gasteiger partial charge in [-0.1, -0.05) is 6.07 Å². The molecule has 3 aromatic rings. The second-order valence-corrected chi connectivity index (χ2v) is 8.43. The minimum Gasteiger partial charge on any atom is -0.497 e. The summed E-state index contributed by atoms with van der Waals surface area (Å²) in [5, 5.41) is 4.30. The fraction of sp³-hybridized carbons (Fsp3) is 0.409. The number of amides is 1. The van der Waals surface area contributed by atoms with Gasteiger partial charge in [0.25, 0.3) is 0 Å². The molecular weight excluding hydrogens is 384 g/mol. The molecule has 3 heterocycles. The van der Waals surface area contributed by atoms with E-state index in [0.717, 1.165) is 59.9 Å². The molecule has 4 rings (SSSR count). The standard InChI is InChI=1S/C22H26N4O2S/c1-28-18-7-8-19-20(12-18)29-21(25-19)13-22(27)26-11-10-24-15-17(26)6-2-4-16-5-3-9-23-14-16/h3,5,7-9,12,14,17,24H,2,4,6,10-11,13,15H2,1H3. The number of aryl methyl sites for hydroxylation is 1. The quantitative estimate of drug-likeness (QED) is 0.648. The lowest BCUT2D eigenvalue weighted by Gasteiger charge is -2.36. The molecule has 1 aliphatic heterocycles. The van der Waals surface area contributed by atoms with Gasteiger partial charge in [0.1, 0.15) is 10.8 Å². The average molecular weight is 411 g/mol. The zero-order valence-electron chi connectivity index (χ0n) is 16.6. The van der Waals surface area contributed by atoms with Crippen LogP contribution in [0, 0.1) is 0 Å². The predicted octanol–water partition coefficient (Wildman–Crippen LogP) is 3.07. The van der Waals surface area contributed by atoms with Crippen molar-refractivity contribution in [2.45, 2.75) is 31.7 Å². The second-order valence-electron chi connectivity index (χ2n) is 7.32. The Bertz CT molecular complexity index is 960. The number of rotatable bonds is 7. The number of hydrogen-bond acceptors (Lipinski definition) is 6. The number of aromatic nitrogens is 2. The maximum Gasteiger partial charge on any atom is 0.229 e. The summed E-state index contributed by atoms with van der Waals surface area (Å²) in [5.74, 6) is 0.985. The van der Waals surface area contributed by atoms with Crippen molar-refractivity contribution in [1.29, 1.82) is 0 Å². The Balaban J connectivity index is 1.38. The van der Waals surface area contributed by atoms with E-state index in [9.17, 15) is 4.79 Å². The molecule has 7 heteroatoms. The molecule has 0 saturated carbocycles. The number of piperazine rings is 1. The maximum absolute atomic E-state index is 13.0. The van der Waals surface area contributed by atoms with Crippen LogP contribution < -0.4 is 10.1 Å². The van der Waals surface area contributed by atoms with E-state index >= 15 is 0 Å².